The number of hydrogen-bond donors (Lipinski definition) is 2. The van der Waals surface area contributed by atoms with Gasteiger partial charge in [-0.1, -0.05) is 6.07 Å². The minimum absolute atomic E-state index is 0.248. The third-order valence-corrected chi connectivity index (χ3v) is 4.49. The van der Waals surface area contributed by atoms with Crippen LogP contribution in [0.15, 0.2) is 48.7 Å². The third kappa shape index (κ3) is 4.75. The van der Waals surface area contributed by atoms with Crippen LogP contribution in [0.25, 0.3) is 0 Å². The van der Waals surface area contributed by atoms with E-state index in [0.29, 0.717) is 38.3 Å². The van der Waals surface area contributed by atoms with Crippen molar-refractivity contribution in [2.45, 2.75) is 19.4 Å². The number of hydrogen-bond acceptors (Lipinski definition) is 5. The molecule has 1 aliphatic carbocycles. The van der Waals surface area contributed by atoms with E-state index >= 15 is 0 Å². The van der Waals surface area contributed by atoms with E-state index in [-0.39, 0.29) is 11.8 Å². The largest absolute Gasteiger partial charge is 0.497 e. The van der Waals surface area contributed by atoms with Gasteiger partial charge in [-0.05, 0) is 49.2 Å². The highest BCUT2D eigenvalue weighted by atomic mass is 16.5. The van der Waals surface area contributed by atoms with Crippen LogP contribution >= 0.6 is 0 Å². The lowest BCUT2D eigenvalue weighted by molar-refractivity contribution is -0.137. The van der Waals surface area contributed by atoms with Crippen LogP contribution in [0.5, 0.6) is 11.5 Å². The van der Waals surface area contributed by atoms with Crippen LogP contribution < -0.4 is 20.1 Å². The summed E-state index contributed by atoms with van der Waals surface area (Å²) in [6.07, 6.45) is 2.79. The molecule has 142 valence electrons. The third-order valence-electron chi connectivity index (χ3n) is 4.49. The lowest BCUT2D eigenvalue weighted by Gasteiger charge is -2.15. The average Bonchev–Trinajstić information content (AvgIpc) is 3.52. The molecule has 3 rings (SSSR count). The highest BCUT2D eigenvalue weighted by molar-refractivity contribution is 6.07. The molecule has 1 aromatic carbocycles. The first-order chi connectivity index (χ1) is 13.1. The molecule has 2 amide bonds. The number of amides is 2. The van der Waals surface area contributed by atoms with Crippen LogP contribution in [0, 0.1) is 5.41 Å². The summed E-state index contributed by atoms with van der Waals surface area (Å²) in [5, 5.41) is 5.60. The molecule has 2 aromatic rings. The Labute approximate surface area is 158 Å². The number of pyridine rings is 1. The maximum Gasteiger partial charge on any atom is 0.236 e. The van der Waals surface area contributed by atoms with E-state index in [9.17, 15) is 9.59 Å². The molecule has 0 atom stereocenters. The van der Waals surface area contributed by atoms with Gasteiger partial charge in [-0.25, -0.2) is 0 Å². The van der Waals surface area contributed by atoms with E-state index in [2.05, 4.69) is 15.6 Å². The molecule has 0 aliphatic heterocycles. The molecular formula is C20H23N3O4. The molecule has 1 heterocycles. The van der Waals surface area contributed by atoms with Crippen molar-refractivity contribution in [1.29, 1.82) is 0 Å². The van der Waals surface area contributed by atoms with Crippen LogP contribution in [0.1, 0.15) is 18.5 Å². The fraction of sp³-hybridized carbons (Fsp3) is 0.350. The van der Waals surface area contributed by atoms with Gasteiger partial charge in [0.2, 0.25) is 11.8 Å². The smallest absolute Gasteiger partial charge is 0.236 e. The van der Waals surface area contributed by atoms with Crippen LogP contribution in [-0.4, -0.2) is 37.1 Å². The van der Waals surface area contributed by atoms with Gasteiger partial charge < -0.3 is 20.1 Å². The zero-order chi connectivity index (χ0) is 19.1. The van der Waals surface area contributed by atoms with E-state index in [0.717, 1.165) is 11.4 Å². The van der Waals surface area contributed by atoms with Crippen molar-refractivity contribution in [3.8, 4) is 11.5 Å². The number of nitrogens with zero attached hydrogens (tertiary/aromatic N) is 1. The first-order valence-electron chi connectivity index (χ1n) is 8.87. The van der Waals surface area contributed by atoms with Gasteiger partial charge in [-0.2, -0.15) is 0 Å². The van der Waals surface area contributed by atoms with Gasteiger partial charge in [0.15, 0.2) is 0 Å². The first-order valence-corrected chi connectivity index (χ1v) is 8.87. The van der Waals surface area contributed by atoms with Gasteiger partial charge >= 0.3 is 0 Å². The highest BCUT2D eigenvalue weighted by Crippen LogP contribution is 2.46. The van der Waals surface area contributed by atoms with Crippen LogP contribution in [-0.2, 0) is 16.1 Å². The van der Waals surface area contributed by atoms with E-state index in [1.54, 1.807) is 37.6 Å². The standard InChI is InChI=1S/C20H23N3O4/c1-26-16-5-7-17(8-6-16)27-13-12-22-18(24)20(9-10-20)19(25)23-14-15-4-2-3-11-21-15/h2-8,11H,9-10,12-14H2,1H3,(H,22,24)(H,23,25). The zero-order valence-electron chi connectivity index (χ0n) is 15.2. The maximum absolute atomic E-state index is 12.4. The second kappa shape index (κ2) is 8.53. The van der Waals surface area contributed by atoms with Gasteiger partial charge in [0.1, 0.15) is 23.5 Å². The maximum atomic E-state index is 12.4. The SMILES string of the molecule is COc1ccc(OCCNC(=O)C2(C(=O)NCc3ccccn3)CC2)cc1. The molecule has 1 saturated carbocycles. The van der Waals surface area contributed by atoms with E-state index in [1.807, 2.05) is 18.2 Å². The quantitative estimate of drug-likeness (QED) is 0.519. The first kappa shape index (κ1) is 18.7. The minimum atomic E-state index is -0.950. The molecule has 2 N–H and O–H groups in total. The Morgan fingerprint density at radius 1 is 1.04 bits per heavy atom. The number of aromatic nitrogens is 1. The monoisotopic (exact) mass is 369 g/mol. The van der Waals surface area contributed by atoms with Crippen LogP contribution in [0.2, 0.25) is 0 Å². The van der Waals surface area contributed by atoms with Gasteiger partial charge in [-0.3, -0.25) is 14.6 Å². The number of rotatable bonds is 9. The van der Waals surface area contributed by atoms with Crippen molar-refractivity contribution in [3.05, 3.63) is 54.4 Å². The predicted molar refractivity (Wildman–Crippen MR) is 99.2 cm³/mol. The molecule has 0 saturated heterocycles. The summed E-state index contributed by atoms with van der Waals surface area (Å²) >= 11 is 0. The Bertz CT molecular complexity index is 774. The second-order valence-corrected chi connectivity index (χ2v) is 6.37. The molecule has 0 bridgehead atoms. The molecule has 7 nitrogen and oxygen atoms in total. The Hall–Kier alpha value is -3.09. The lowest BCUT2D eigenvalue weighted by atomic mass is 10.1. The number of benzene rings is 1. The molecule has 0 radical (unpaired) electrons. The lowest BCUT2D eigenvalue weighted by Crippen LogP contribution is -2.43. The van der Waals surface area contributed by atoms with Gasteiger partial charge in [0.25, 0.3) is 0 Å². The van der Waals surface area contributed by atoms with E-state index < -0.39 is 5.41 Å². The van der Waals surface area contributed by atoms with Crippen LogP contribution in [0.4, 0.5) is 0 Å². The van der Waals surface area contributed by atoms with Crippen molar-refractivity contribution in [2.75, 3.05) is 20.3 Å². The van der Waals surface area contributed by atoms with Crippen molar-refractivity contribution in [3.63, 3.8) is 0 Å². The topological polar surface area (TPSA) is 89.5 Å². The summed E-state index contributed by atoms with van der Waals surface area (Å²) in [7, 11) is 1.60. The summed E-state index contributed by atoms with van der Waals surface area (Å²) in [6, 6.07) is 12.7. The predicted octanol–water partition coefficient (Wildman–Crippen LogP) is 1.68. The van der Waals surface area contributed by atoms with Crippen molar-refractivity contribution in [1.82, 2.24) is 15.6 Å². The summed E-state index contributed by atoms with van der Waals surface area (Å²) in [5.41, 5.74) is -0.190. The Morgan fingerprint density at radius 2 is 1.74 bits per heavy atom. The summed E-state index contributed by atoms with van der Waals surface area (Å²) in [5.74, 6) is 0.948. The molecule has 1 aliphatic rings. The summed E-state index contributed by atoms with van der Waals surface area (Å²) < 4.78 is 10.7. The fourth-order valence-corrected chi connectivity index (χ4v) is 2.70. The Morgan fingerprint density at radius 3 is 2.37 bits per heavy atom. The molecule has 7 heteroatoms. The normalized spacial score (nSPS) is 14.1. The number of ether oxygens (including phenoxy) is 2. The van der Waals surface area contributed by atoms with E-state index in [4.69, 9.17) is 9.47 Å². The fourth-order valence-electron chi connectivity index (χ4n) is 2.70. The highest BCUT2D eigenvalue weighted by Gasteiger charge is 2.56. The van der Waals surface area contributed by atoms with Crippen molar-refractivity contribution < 1.29 is 19.1 Å². The Balaban J connectivity index is 1.40. The van der Waals surface area contributed by atoms with Crippen LogP contribution in [0.3, 0.4) is 0 Å². The molecule has 27 heavy (non-hydrogen) atoms. The average molecular weight is 369 g/mol. The second-order valence-electron chi connectivity index (χ2n) is 6.37. The zero-order valence-corrected chi connectivity index (χ0v) is 15.2. The molecule has 0 spiro atoms. The number of methoxy groups -OCH3 is 1. The molecule has 1 aromatic heterocycles. The summed E-state index contributed by atoms with van der Waals surface area (Å²) in [6.45, 7) is 0.971. The number of carbonyl (C=O) groups excluding carboxylic acids is 2. The minimum Gasteiger partial charge on any atom is -0.497 e. The van der Waals surface area contributed by atoms with E-state index in [1.165, 1.54) is 0 Å². The van der Waals surface area contributed by atoms with Crippen molar-refractivity contribution >= 4 is 11.8 Å². The summed E-state index contributed by atoms with van der Waals surface area (Å²) in [4.78, 5) is 29.0. The molecule has 0 unspecified atom stereocenters. The molecule has 1 fully saturated rings. The van der Waals surface area contributed by atoms with Gasteiger partial charge in [-0.15, -0.1) is 0 Å². The van der Waals surface area contributed by atoms with Crippen molar-refractivity contribution in [2.24, 2.45) is 5.41 Å². The van der Waals surface area contributed by atoms with Gasteiger partial charge in [0.05, 0.1) is 25.9 Å². The number of nitrogens with one attached hydrogen (secondary N) is 2. The Kier molecular flexibility index (Phi) is 5.90. The number of carbonyl (C=O) groups is 2. The molecular weight excluding hydrogens is 346 g/mol. The van der Waals surface area contributed by atoms with Gasteiger partial charge in [0, 0.05) is 6.20 Å².